The largest absolute Gasteiger partial charge is 0.454 e. The number of nitrogens with zero attached hydrogens (tertiary/aromatic N) is 4. The predicted octanol–water partition coefficient (Wildman–Crippen LogP) is 2.69. The minimum Gasteiger partial charge on any atom is -0.454 e. The molecule has 0 saturated heterocycles. The molecule has 0 unspecified atom stereocenters. The number of ether oxygens (including phenoxy) is 2. The van der Waals surface area contributed by atoms with Gasteiger partial charge in [0.1, 0.15) is 5.82 Å². The zero-order chi connectivity index (χ0) is 22.2. The molecule has 0 radical (unpaired) electrons. The van der Waals surface area contributed by atoms with Gasteiger partial charge in [-0.2, -0.15) is 0 Å². The van der Waals surface area contributed by atoms with Crippen molar-refractivity contribution in [3.8, 4) is 11.5 Å². The summed E-state index contributed by atoms with van der Waals surface area (Å²) in [6, 6.07) is 14.3. The Kier molecular flexibility index (Phi) is 5.06. The van der Waals surface area contributed by atoms with Gasteiger partial charge in [-0.25, -0.2) is 9.67 Å². The standard InChI is InChI=1S/C22H19N5O4S/c1-13-8-19(23)25-27(13)20(28)11-32-22-24-16-5-3-2-4-15(16)21(29)26(22)10-14-6-7-17-18(9-14)31-12-30-17/h2-9H,10-12H2,1H3,(H2,23,25). The van der Waals surface area contributed by atoms with Crippen molar-refractivity contribution in [1.29, 1.82) is 0 Å². The van der Waals surface area contributed by atoms with E-state index in [1.165, 1.54) is 16.4 Å². The molecule has 0 atom stereocenters. The highest BCUT2D eigenvalue weighted by Gasteiger charge is 2.18. The van der Waals surface area contributed by atoms with E-state index in [0.29, 0.717) is 33.3 Å². The lowest BCUT2D eigenvalue weighted by molar-refractivity contribution is 0.0924. The van der Waals surface area contributed by atoms with E-state index in [-0.39, 0.29) is 36.4 Å². The fourth-order valence-electron chi connectivity index (χ4n) is 3.56. The second kappa shape index (κ2) is 8.04. The van der Waals surface area contributed by atoms with Gasteiger partial charge in [0.25, 0.3) is 11.5 Å². The summed E-state index contributed by atoms with van der Waals surface area (Å²) in [4.78, 5) is 30.6. The number of rotatable bonds is 5. The summed E-state index contributed by atoms with van der Waals surface area (Å²) in [5.74, 6) is 1.39. The van der Waals surface area contributed by atoms with Crippen molar-refractivity contribution in [2.45, 2.75) is 18.6 Å². The summed E-state index contributed by atoms with van der Waals surface area (Å²) >= 11 is 1.19. The van der Waals surface area contributed by atoms with Crippen molar-refractivity contribution in [1.82, 2.24) is 19.3 Å². The Hall–Kier alpha value is -3.79. The fraction of sp³-hybridized carbons (Fsp3) is 0.182. The van der Waals surface area contributed by atoms with Crippen LogP contribution in [-0.2, 0) is 6.54 Å². The van der Waals surface area contributed by atoms with E-state index in [9.17, 15) is 9.59 Å². The number of aryl methyl sites for hydroxylation is 1. The van der Waals surface area contributed by atoms with Gasteiger partial charge in [0, 0.05) is 11.8 Å². The van der Waals surface area contributed by atoms with Crippen LogP contribution in [0.4, 0.5) is 5.82 Å². The van der Waals surface area contributed by atoms with Crippen LogP contribution in [0.15, 0.2) is 58.5 Å². The Balaban J connectivity index is 1.50. The highest BCUT2D eigenvalue weighted by molar-refractivity contribution is 7.99. The molecule has 0 aliphatic carbocycles. The van der Waals surface area contributed by atoms with E-state index >= 15 is 0 Å². The molecule has 0 bridgehead atoms. The first kappa shape index (κ1) is 20.1. The number of carbonyl (C=O) groups is 1. The number of hydrogen-bond acceptors (Lipinski definition) is 8. The molecule has 4 aromatic rings. The highest BCUT2D eigenvalue weighted by atomic mass is 32.2. The SMILES string of the molecule is Cc1cc(N)nn1C(=O)CSc1nc2ccccc2c(=O)n1Cc1ccc2c(c1)OCO2. The topological polar surface area (TPSA) is 114 Å². The van der Waals surface area contributed by atoms with Crippen LogP contribution in [0, 0.1) is 6.92 Å². The summed E-state index contributed by atoms with van der Waals surface area (Å²) in [7, 11) is 0. The molecule has 1 aliphatic heterocycles. The van der Waals surface area contributed by atoms with Crippen LogP contribution in [-0.4, -0.2) is 37.8 Å². The third kappa shape index (κ3) is 3.69. The minimum absolute atomic E-state index is 0.0495. The number of fused-ring (bicyclic) bond motifs is 2. The van der Waals surface area contributed by atoms with E-state index in [2.05, 4.69) is 10.1 Å². The summed E-state index contributed by atoms with van der Waals surface area (Å²) in [6.45, 7) is 2.21. The zero-order valence-corrected chi connectivity index (χ0v) is 18.0. The summed E-state index contributed by atoms with van der Waals surface area (Å²) in [6.07, 6.45) is 0. The molecular weight excluding hydrogens is 430 g/mol. The quantitative estimate of drug-likeness (QED) is 0.365. The smallest absolute Gasteiger partial charge is 0.262 e. The van der Waals surface area contributed by atoms with E-state index in [0.717, 1.165) is 5.56 Å². The van der Waals surface area contributed by atoms with Crippen LogP contribution in [0.25, 0.3) is 10.9 Å². The molecule has 0 amide bonds. The van der Waals surface area contributed by atoms with Crippen LogP contribution >= 0.6 is 11.8 Å². The molecule has 2 N–H and O–H groups in total. The number of anilines is 1. The Labute approximate surface area is 186 Å². The first-order valence-corrected chi connectivity index (χ1v) is 10.8. The third-order valence-electron chi connectivity index (χ3n) is 5.07. The van der Waals surface area contributed by atoms with E-state index in [1.807, 2.05) is 24.3 Å². The van der Waals surface area contributed by atoms with Crippen molar-refractivity contribution in [2.75, 3.05) is 18.3 Å². The maximum atomic E-state index is 13.3. The molecule has 0 fully saturated rings. The summed E-state index contributed by atoms with van der Waals surface area (Å²) < 4.78 is 13.7. The minimum atomic E-state index is -0.249. The van der Waals surface area contributed by atoms with Crippen molar-refractivity contribution in [3.63, 3.8) is 0 Å². The number of aromatic nitrogens is 4. The highest BCUT2D eigenvalue weighted by Crippen LogP contribution is 2.33. The van der Waals surface area contributed by atoms with Crippen molar-refractivity contribution >= 4 is 34.4 Å². The van der Waals surface area contributed by atoms with Crippen LogP contribution < -0.4 is 20.8 Å². The van der Waals surface area contributed by atoms with Gasteiger partial charge in [-0.1, -0.05) is 30.0 Å². The Morgan fingerprint density at radius 1 is 1.16 bits per heavy atom. The van der Waals surface area contributed by atoms with Gasteiger partial charge in [-0.15, -0.1) is 5.10 Å². The number of benzene rings is 2. The second-order valence-corrected chi connectivity index (χ2v) is 8.24. The predicted molar refractivity (Wildman–Crippen MR) is 120 cm³/mol. The first-order chi connectivity index (χ1) is 15.5. The molecule has 9 nitrogen and oxygen atoms in total. The van der Waals surface area contributed by atoms with E-state index in [4.69, 9.17) is 15.2 Å². The van der Waals surface area contributed by atoms with Gasteiger partial charge in [0.2, 0.25) is 6.79 Å². The van der Waals surface area contributed by atoms with Gasteiger partial charge in [0.05, 0.1) is 23.2 Å². The lowest BCUT2D eigenvalue weighted by Crippen LogP contribution is -2.25. The number of para-hydroxylation sites is 1. The maximum Gasteiger partial charge on any atom is 0.262 e. The fourth-order valence-corrected chi connectivity index (χ4v) is 4.40. The molecule has 10 heteroatoms. The molecule has 2 aromatic carbocycles. The molecule has 0 spiro atoms. The van der Waals surface area contributed by atoms with Crippen LogP contribution in [0.3, 0.4) is 0 Å². The lowest BCUT2D eigenvalue weighted by atomic mass is 10.2. The normalized spacial score (nSPS) is 12.4. The number of nitrogens with two attached hydrogens (primary N) is 1. The van der Waals surface area contributed by atoms with Gasteiger partial charge in [-0.05, 0) is 36.8 Å². The van der Waals surface area contributed by atoms with Gasteiger partial charge in [0.15, 0.2) is 16.7 Å². The molecular formula is C22H19N5O4S. The van der Waals surface area contributed by atoms with E-state index < -0.39 is 0 Å². The molecule has 162 valence electrons. The molecule has 5 rings (SSSR count). The Bertz CT molecular complexity index is 1410. The average molecular weight is 449 g/mol. The molecule has 1 aliphatic rings. The van der Waals surface area contributed by atoms with Crippen LogP contribution in [0.5, 0.6) is 11.5 Å². The summed E-state index contributed by atoms with van der Waals surface area (Å²) in [5, 5.41) is 4.99. The zero-order valence-electron chi connectivity index (χ0n) is 17.1. The number of thioether (sulfide) groups is 1. The lowest BCUT2D eigenvalue weighted by Gasteiger charge is -2.13. The van der Waals surface area contributed by atoms with Crippen LogP contribution in [0.2, 0.25) is 0 Å². The second-order valence-electron chi connectivity index (χ2n) is 7.30. The molecule has 2 aromatic heterocycles. The average Bonchev–Trinajstić information content (AvgIpc) is 3.39. The third-order valence-corrected chi connectivity index (χ3v) is 6.03. The van der Waals surface area contributed by atoms with Crippen molar-refractivity contribution in [2.24, 2.45) is 0 Å². The Morgan fingerprint density at radius 2 is 1.97 bits per heavy atom. The van der Waals surface area contributed by atoms with E-state index in [1.54, 1.807) is 35.8 Å². The van der Waals surface area contributed by atoms with Gasteiger partial charge >= 0.3 is 0 Å². The molecule has 32 heavy (non-hydrogen) atoms. The number of carbonyl (C=O) groups excluding carboxylic acids is 1. The summed E-state index contributed by atoms with van der Waals surface area (Å²) in [5.41, 5.74) is 7.60. The van der Waals surface area contributed by atoms with Crippen LogP contribution in [0.1, 0.15) is 16.1 Å². The van der Waals surface area contributed by atoms with Gasteiger partial charge in [-0.3, -0.25) is 14.2 Å². The maximum absolute atomic E-state index is 13.3. The molecule has 0 saturated carbocycles. The first-order valence-electron chi connectivity index (χ1n) is 9.86. The molecule has 3 heterocycles. The number of nitrogen functional groups attached to an aromatic ring is 1. The van der Waals surface area contributed by atoms with Crippen molar-refractivity contribution in [3.05, 3.63) is 70.1 Å². The monoisotopic (exact) mass is 449 g/mol. The van der Waals surface area contributed by atoms with Gasteiger partial charge < -0.3 is 15.2 Å². The number of hydrogen-bond donors (Lipinski definition) is 1. The Morgan fingerprint density at radius 3 is 2.78 bits per heavy atom. The van der Waals surface area contributed by atoms with Crippen molar-refractivity contribution < 1.29 is 14.3 Å².